The lowest BCUT2D eigenvalue weighted by Gasteiger charge is -2.16. The summed E-state index contributed by atoms with van der Waals surface area (Å²) in [6.07, 6.45) is -7.80. The number of amides is 1. The Bertz CT molecular complexity index is 1370. The number of nitrogens with one attached hydrogen (secondary N) is 2. The van der Waals surface area contributed by atoms with Crippen molar-refractivity contribution in [3.8, 4) is 22.6 Å². The van der Waals surface area contributed by atoms with Crippen molar-refractivity contribution in [3.05, 3.63) is 60.2 Å². The average Bonchev–Trinajstić information content (AvgIpc) is 3.47. The number of methoxy groups -OCH3 is 1. The predicted molar refractivity (Wildman–Crippen MR) is 142 cm³/mol. The molecule has 1 heterocycles. The second kappa shape index (κ2) is 17.3. The maximum atomic E-state index is 14.7. The van der Waals surface area contributed by atoms with Crippen molar-refractivity contribution in [3.63, 3.8) is 0 Å². The Labute approximate surface area is 250 Å². The van der Waals surface area contributed by atoms with Crippen molar-refractivity contribution in [1.29, 1.82) is 0 Å². The number of H-pyrrole nitrogens is 1. The van der Waals surface area contributed by atoms with Crippen molar-refractivity contribution in [2.45, 2.75) is 19.0 Å². The summed E-state index contributed by atoms with van der Waals surface area (Å²) in [5.74, 6) is -5.04. The van der Waals surface area contributed by atoms with Crippen LogP contribution in [-0.4, -0.2) is 90.1 Å². The zero-order valence-corrected chi connectivity index (χ0v) is 23.6. The lowest BCUT2D eigenvalue weighted by Crippen LogP contribution is -2.21. The third kappa shape index (κ3) is 14.3. The fourth-order valence-electron chi connectivity index (χ4n) is 2.79. The number of halogens is 7. The first kappa shape index (κ1) is 38.0. The summed E-state index contributed by atoms with van der Waals surface area (Å²) in [5.41, 5.74) is 1.82. The average molecular weight is 657 g/mol. The molecule has 0 radical (unpaired) electrons. The van der Waals surface area contributed by atoms with Gasteiger partial charge < -0.3 is 29.3 Å². The van der Waals surface area contributed by atoms with E-state index >= 15 is 0 Å². The number of carbonyl (C=O) groups is 3. The number of anilines is 1. The monoisotopic (exact) mass is 656 g/mol. The summed E-state index contributed by atoms with van der Waals surface area (Å²) < 4.78 is 94.4. The molecule has 1 amide bonds. The minimum Gasteiger partial charge on any atom is -0.497 e. The van der Waals surface area contributed by atoms with Gasteiger partial charge in [-0.25, -0.2) is 18.8 Å². The number of alkyl halides is 6. The van der Waals surface area contributed by atoms with Gasteiger partial charge in [0, 0.05) is 29.9 Å². The Hall–Kier alpha value is -5.07. The van der Waals surface area contributed by atoms with Crippen LogP contribution in [0.2, 0.25) is 0 Å². The van der Waals surface area contributed by atoms with Gasteiger partial charge in [0.25, 0.3) is 0 Å². The van der Waals surface area contributed by atoms with Gasteiger partial charge in [0.05, 0.1) is 19.0 Å². The highest BCUT2D eigenvalue weighted by Crippen LogP contribution is 2.33. The highest BCUT2D eigenvalue weighted by atomic mass is 19.4. The molecule has 3 rings (SSSR count). The molecule has 4 N–H and O–H groups in total. The summed E-state index contributed by atoms with van der Waals surface area (Å²) in [5, 5.41) is 23.3. The quantitative estimate of drug-likeness (QED) is 0.226. The van der Waals surface area contributed by atoms with E-state index in [1.54, 1.807) is 31.5 Å². The summed E-state index contributed by atoms with van der Waals surface area (Å²) in [4.78, 5) is 32.1. The molecule has 1 aromatic heterocycles. The Morgan fingerprint density at radius 2 is 1.60 bits per heavy atom. The molecule has 0 aliphatic carbocycles. The summed E-state index contributed by atoms with van der Waals surface area (Å²) in [6.45, 7) is 1.05. The van der Waals surface area contributed by atoms with E-state index in [1.165, 1.54) is 18.3 Å². The van der Waals surface area contributed by atoms with Crippen molar-refractivity contribution in [1.82, 2.24) is 15.1 Å². The molecule has 0 bridgehead atoms. The molecule has 3 aromatic rings. The lowest BCUT2D eigenvalue weighted by atomic mass is 10.1. The van der Waals surface area contributed by atoms with Crippen molar-refractivity contribution < 1.29 is 69.5 Å². The standard InChI is InChI=1S/C22H25FN4O4.2C2HF3O2/c1-27(2)7-8-30-21-10-18(16-12-24-25-13-16)19(23)11-20(21)26-22(28)31-14-15-5-4-6-17(9-15)29-3;2*3-2(4,5)1(6)7/h4-6,9-13H,7-8,14H2,1-3H3,(H,24,25)(H,26,28);2*(H,6,7). The molecule has 0 fully saturated rings. The fraction of sp³-hybridized carbons (Fsp3) is 0.308. The van der Waals surface area contributed by atoms with Crippen molar-refractivity contribution in [2.24, 2.45) is 0 Å². The van der Waals surface area contributed by atoms with Crippen LogP contribution in [0.25, 0.3) is 11.1 Å². The number of carboxylic acid groups (broad SMARTS) is 2. The number of rotatable bonds is 9. The number of benzene rings is 2. The highest BCUT2D eigenvalue weighted by molar-refractivity contribution is 5.88. The second-order valence-corrected chi connectivity index (χ2v) is 8.63. The van der Waals surface area contributed by atoms with Crippen LogP contribution in [0.5, 0.6) is 11.5 Å². The Kier molecular flexibility index (Phi) is 14.6. The van der Waals surface area contributed by atoms with E-state index in [9.17, 15) is 35.5 Å². The van der Waals surface area contributed by atoms with Gasteiger partial charge in [0.2, 0.25) is 0 Å². The molecule has 45 heavy (non-hydrogen) atoms. The number of aromatic amines is 1. The van der Waals surface area contributed by atoms with E-state index in [0.717, 1.165) is 5.56 Å². The third-order valence-electron chi connectivity index (χ3n) is 4.90. The number of aromatic nitrogens is 2. The molecule has 12 nitrogen and oxygen atoms in total. The van der Waals surface area contributed by atoms with Crippen LogP contribution in [0.1, 0.15) is 5.56 Å². The van der Waals surface area contributed by atoms with E-state index in [1.807, 2.05) is 25.1 Å². The topological polar surface area (TPSA) is 163 Å². The number of ether oxygens (including phenoxy) is 3. The maximum Gasteiger partial charge on any atom is 0.490 e. The van der Waals surface area contributed by atoms with E-state index < -0.39 is 36.2 Å². The Balaban J connectivity index is 0.000000601. The number of nitrogens with zero attached hydrogens (tertiary/aromatic N) is 2. The Morgan fingerprint density at radius 3 is 2.09 bits per heavy atom. The molecular weight excluding hydrogens is 629 g/mol. The van der Waals surface area contributed by atoms with E-state index in [4.69, 9.17) is 34.0 Å². The van der Waals surface area contributed by atoms with Gasteiger partial charge in [-0.3, -0.25) is 10.4 Å². The van der Waals surface area contributed by atoms with Crippen LogP contribution < -0.4 is 14.8 Å². The van der Waals surface area contributed by atoms with Gasteiger partial charge in [-0.15, -0.1) is 0 Å². The highest BCUT2D eigenvalue weighted by Gasteiger charge is 2.38. The summed E-state index contributed by atoms with van der Waals surface area (Å²) in [7, 11) is 5.40. The normalized spacial score (nSPS) is 10.9. The van der Waals surface area contributed by atoms with E-state index in [2.05, 4.69) is 15.5 Å². The van der Waals surface area contributed by atoms with Gasteiger partial charge in [-0.05, 0) is 37.9 Å². The van der Waals surface area contributed by atoms with Crippen LogP contribution in [0.15, 0.2) is 48.8 Å². The molecule has 0 saturated carbocycles. The van der Waals surface area contributed by atoms with E-state index in [-0.39, 0.29) is 12.3 Å². The zero-order chi connectivity index (χ0) is 34.4. The van der Waals surface area contributed by atoms with Gasteiger partial charge in [-0.1, -0.05) is 12.1 Å². The number of aliphatic carboxylic acids is 2. The molecule has 0 aliphatic rings. The minimum atomic E-state index is -5.08. The first-order valence-corrected chi connectivity index (χ1v) is 12.1. The van der Waals surface area contributed by atoms with E-state index in [0.29, 0.717) is 35.8 Å². The number of likely N-dealkylation sites (N-methyl/N-ethyl adjacent to an activating group) is 1. The SMILES string of the molecule is COc1cccc(COC(=O)Nc2cc(F)c(-c3cn[nH]c3)cc2OCCN(C)C)c1.O=C(O)C(F)(F)F.O=C(O)C(F)(F)F. The molecule has 2 aromatic carbocycles. The molecule has 0 saturated heterocycles. The van der Waals surface area contributed by atoms with Gasteiger partial charge in [-0.2, -0.15) is 31.4 Å². The van der Waals surface area contributed by atoms with Crippen LogP contribution in [0, 0.1) is 5.82 Å². The van der Waals surface area contributed by atoms with Crippen LogP contribution in [-0.2, 0) is 20.9 Å². The summed E-state index contributed by atoms with van der Waals surface area (Å²) >= 11 is 0. The molecule has 248 valence electrons. The molecule has 19 heteroatoms. The maximum absolute atomic E-state index is 14.7. The van der Waals surface area contributed by atoms with Gasteiger partial charge >= 0.3 is 30.4 Å². The molecule has 0 unspecified atom stereocenters. The third-order valence-corrected chi connectivity index (χ3v) is 4.90. The number of hydrogen-bond acceptors (Lipinski definition) is 8. The first-order chi connectivity index (χ1) is 20.8. The Morgan fingerprint density at radius 1 is 1.00 bits per heavy atom. The number of hydrogen-bond donors (Lipinski definition) is 4. The van der Waals surface area contributed by atoms with Gasteiger partial charge in [0.1, 0.15) is 30.5 Å². The van der Waals surface area contributed by atoms with Crippen LogP contribution in [0.4, 0.5) is 41.2 Å². The second-order valence-electron chi connectivity index (χ2n) is 8.63. The predicted octanol–water partition coefficient (Wildman–Crippen LogP) is 5.18. The smallest absolute Gasteiger partial charge is 0.490 e. The molecule has 0 aliphatic heterocycles. The molecular formula is C26H27F7N4O8. The van der Waals surface area contributed by atoms with Crippen LogP contribution in [0.3, 0.4) is 0 Å². The van der Waals surface area contributed by atoms with Crippen LogP contribution >= 0.6 is 0 Å². The van der Waals surface area contributed by atoms with Crippen molar-refractivity contribution >= 4 is 23.7 Å². The summed E-state index contributed by atoms with van der Waals surface area (Å²) in [6, 6.07) is 9.92. The zero-order valence-electron chi connectivity index (χ0n) is 23.6. The van der Waals surface area contributed by atoms with Gasteiger partial charge in [0.15, 0.2) is 0 Å². The fourth-order valence-corrected chi connectivity index (χ4v) is 2.79. The minimum absolute atomic E-state index is 0.0371. The van der Waals surface area contributed by atoms with Crippen molar-refractivity contribution in [2.75, 3.05) is 39.7 Å². The lowest BCUT2D eigenvalue weighted by molar-refractivity contribution is -0.193. The molecule has 0 spiro atoms. The molecule has 0 atom stereocenters. The largest absolute Gasteiger partial charge is 0.497 e. The number of carbonyl (C=O) groups excluding carboxylic acids is 1. The first-order valence-electron chi connectivity index (χ1n) is 12.1. The number of carboxylic acids is 2.